The largest absolute Gasteiger partial charge is 0.506 e. The Balaban J connectivity index is 0.000000141. The van der Waals surface area contributed by atoms with E-state index in [1.807, 2.05) is 159 Å². The van der Waals surface area contributed by atoms with Crippen molar-refractivity contribution in [1.82, 2.24) is 0 Å². The molecule has 0 spiro atoms. The van der Waals surface area contributed by atoms with Gasteiger partial charge in [0.1, 0.15) is 51.5 Å². The number of ether oxygens (including phenoxy) is 1. The van der Waals surface area contributed by atoms with E-state index >= 15 is 0 Å². The summed E-state index contributed by atoms with van der Waals surface area (Å²) >= 11 is 0. The molecule has 0 aliphatic heterocycles. The van der Waals surface area contributed by atoms with Crippen LogP contribution in [-0.4, -0.2) is 27.5 Å². The quantitative estimate of drug-likeness (QED) is 0.0990. The van der Waals surface area contributed by atoms with Gasteiger partial charge in [0.2, 0.25) is 0 Å². The van der Waals surface area contributed by atoms with Crippen LogP contribution in [0, 0.1) is 34.6 Å². The molecule has 486 valence electrons. The molecule has 0 saturated carbocycles. The summed E-state index contributed by atoms with van der Waals surface area (Å²) in [5.74, 6) is 1.14. The first-order valence-corrected chi connectivity index (χ1v) is 32.1. The van der Waals surface area contributed by atoms with Crippen LogP contribution >= 0.6 is 0 Å². The van der Waals surface area contributed by atoms with Crippen LogP contribution in [0.3, 0.4) is 0 Å². The number of hydrogen-bond acceptors (Lipinski definition) is 13. The van der Waals surface area contributed by atoms with Crippen molar-refractivity contribution in [1.29, 1.82) is 0 Å². The van der Waals surface area contributed by atoms with Crippen molar-refractivity contribution in [3.05, 3.63) is 282 Å². The molecule has 13 nitrogen and oxygen atoms in total. The van der Waals surface area contributed by atoms with Gasteiger partial charge in [-0.3, -0.25) is 0 Å². The zero-order chi connectivity index (χ0) is 69.0. The van der Waals surface area contributed by atoms with Crippen molar-refractivity contribution in [3.8, 4) is 39.9 Å². The Bertz CT molecular complexity index is 5120. The van der Waals surface area contributed by atoms with E-state index in [-0.39, 0.29) is 33.8 Å². The Hall–Kier alpha value is -11.7. The van der Waals surface area contributed by atoms with Gasteiger partial charge in [-0.05, 0) is 230 Å². The maximum Gasteiger partial charge on any atom is 0.146 e. The van der Waals surface area contributed by atoms with Crippen molar-refractivity contribution in [3.63, 3.8) is 0 Å². The van der Waals surface area contributed by atoms with Gasteiger partial charge >= 0.3 is 0 Å². The lowest BCUT2D eigenvalue weighted by Gasteiger charge is -2.20. The Labute approximate surface area is 567 Å². The highest BCUT2D eigenvalue weighted by molar-refractivity contribution is 5.91. The number of rotatable bonds is 10. The maximum absolute atomic E-state index is 10.3. The number of phenolic OH excluding ortho intramolecular Hbond substituents is 4. The predicted molar refractivity (Wildman–Crippen MR) is 398 cm³/mol. The maximum atomic E-state index is 10.3. The Morgan fingerprint density at radius 2 is 0.639 bits per heavy atom. The van der Waals surface area contributed by atoms with Crippen molar-refractivity contribution in [2.45, 2.75) is 87.0 Å². The van der Waals surface area contributed by atoms with Gasteiger partial charge in [-0.15, -0.1) is 20.5 Å². The normalized spacial score (nSPS) is 11.7. The molecule has 0 saturated heterocycles. The van der Waals surface area contributed by atoms with Crippen LogP contribution < -0.4 is 4.74 Å². The van der Waals surface area contributed by atoms with Gasteiger partial charge in [-0.25, -0.2) is 0 Å². The summed E-state index contributed by atoms with van der Waals surface area (Å²) < 4.78 is 5.12. The second kappa shape index (κ2) is 30.1. The van der Waals surface area contributed by atoms with Crippen molar-refractivity contribution in [2.75, 3.05) is 7.11 Å². The highest BCUT2D eigenvalue weighted by atomic mass is 16.5. The van der Waals surface area contributed by atoms with Gasteiger partial charge in [0.05, 0.1) is 29.9 Å². The molecule has 0 heterocycles. The van der Waals surface area contributed by atoms with Crippen LogP contribution in [0.4, 0.5) is 45.5 Å². The summed E-state index contributed by atoms with van der Waals surface area (Å²) in [6, 6.07) is 78.4. The van der Waals surface area contributed by atoms with Gasteiger partial charge in [-0.1, -0.05) is 187 Å². The zero-order valence-electron chi connectivity index (χ0n) is 56.9. The van der Waals surface area contributed by atoms with Crippen LogP contribution in [0.25, 0.3) is 54.2 Å². The number of aryl methyl sites for hydroxylation is 5. The Morgan fingerprint density at radius 1 is 0.278 bits per heavy atom. The predicted octanol–water partition coefficient (Wildman–Crippen LogP) is 25.7. The molecule has 0 unspecified atom stereocenters. The van der Waals surface area contributed by atoms with Gasteiger partial charge < -0.3 is 25.2 Å². The third kappa shape index (κ3) is 17.4. The summed E-state index contributed by atoms with van der Waals surface area (Å²) in [7, 11) is 1.57. The van der Waals surface area contributed by atoms with E-state index in [1.165, 1.54) is 49.9 Å². The van der Waals surface area contributed by atoms with E-state index in [2.05, 4.69) is 171 Å². The van der Waals surface area contributed by atoms with E-state index in [0.29, 0.717) is 28.5 Å². The third-order valence-electron chi connectivity index (χ3n) is 16.7. The van der Waals surface area contributed by atoms with Crippen LogP contribution in [-0.2, 0) is 10.8 Å². The van der Waals surface area contributed by atoms with Crippen molar-refractivity contribution in [2.24, 2.45) is 40.9 Å². The fraction of sp³-hybridized carbons (Fsp3) is 0.167. The minimum atomic E-state index is -0.0107. The van der Waals surface area contributed by atoms with Gasteiger partial charge in [-0.2, -0.15) is 20.5 Å². The lowest BCUT2D eigenvalue weighted by atomic mass is 9.86. The number of nitrogens with zero attached hydrogens (tertiary/aromatic N) is 8. The van der Waals surface area contributed by atoms with Crippen molar-refractivity contribution >= 4 is 88.6 Å². The van der Waals surface area contributed by atoms with Crippen LogP contribution in [0.2, 0.25) is 0 Å². The molecule has 0 bridgehead atoms. The lowest BCUT2D eigenvalue weighted by Crippen LogP contribution is -2.11. The standard InChI is InChI=1S/C23H18N2O.C22H24N2O.C21H22N2O.C18H16N2O2/c1-16-6-5-9-19-14-20(11-12-21(16)19)24-25-22-15-18(10-13-23(22)26)17-7-3-2-4-8-17;1-14-7-6-8-16-12-18(9-10-19(14)16)23-24-20-13-17(22(3,4)5)11-15(2)21(20)25;1-14-6-5-7-15-12-17(9-10-18(14)15)22-23-19-13-16(21(2,3)4)8-11-20(19)24;1-12-4-3-5-13-10-14(6-8-16(12)13)19-20-17-11-15(22-2)7-9-18(17)21/h2-15,26H,1H3;6-13,25H,1-5H3;5-13,24H,1-4H3;3-11,21H,1-2H3. The molecule has 13 aromatic rings. The summed E-state index contributed by atoms with van der Waals surface area (Å²) in [6.07, 6.45) is 0. The topological polar surface area (TPSA) is 189 Å². The summed E-state index contributed by atoms with van der Waals surface area (Å²) in [5, 5.41) is 83.8. The number of phenols is 4. The summed E-state index contributed by atoms with van der Waals surface area (Å²) in [6.45, 7) is 23.1. The molecule has 0 aliphatic rings. The van der Waals surface area contributed by atoms with Gasteiger partial charge in [0.15, 0.2) is 0 Å². The highest BCUT2D eigenvalue weighted by Gasteiger charge is 2.19. The third-order valence-corrected chi connectivity index (χ3v) is 16.7. The molecule has 13 heteroatoms. The second-order valence-electron chi connectivity index (χ2n) is 26.0. The molecule has 0 aliphatic carbocycles. The first-order valence-electron chi connectivity index (χ1n) is 32.1. The van der Waals surface area contributed by atoms with E-state index in [1.54, 1.807) is 31.4 Å². The first kappa shape index (κ1) is 68.2. The second-order valence-corrected chi connectivity index (χ2v) is 26.0. The van der Waals surface area contributed by atoms with Crippen molar-refractivity contribution < 1.29 is 25.2 Å². The number of hydrogen-bond donors (Lipinski definition) is 4. The van der Waals surface area contributed by atoms with Gasteiger partial charge in [0, 0.05) is 6.07 Å². The molecule has 13 aromatic carbocycles. The van der Waals surface area contributed by atoms with Crippen LogP contribution in [0.15, 0.2) is 284 Å². The van der Waals surface area contributed by atoms with Gasteiger partial charge in [0.25, 0.3) is 0 Å². The van der Waals surface area contributed by atoms with E-state index in [0.717, 1.165) is 72.1 Å². The van der Waals surface area contributed by atoms with E-state index < -0.39 is 0 Å². The molecular weight excluding hydrogens is 1200 g/mol. The smallest absolute Gasteiger partial charge is 0.146 e. The highest BCUT2D eigenvalue weighted by Crippen LogP contribution is 2.40. The van der Waals surface area contributed by atoms with E-state index in [4.69, 9.17) is 4.74 Å². The monoisotopic (exact) mass is 1280 g/mol. The summed E-state index contributed by atoms with van der Waals surface area (Å²) in [4.78, 5) is 0. The average Bonchev–Trinajstić information content (AvgIpc) is 0.947. The summed E-state index contributed by atoms with van der Waals surface area (Å²) in [5.41, 5.74) is 14.9. The average molecular weight is 1280 g/mol. The first-order chi connectivity index (χ1) is 46.5. The number of fused-ring (bicyclic) bond motifs is 4. The lowest BCUT2D eigenvalue weighted by molar-refractivity contribution is 0.412. The molecular formula is C84H80N8O5. The minimum Gasteiger partial charge on any atom is -0.506 e. The fourth-order valence-electron chi connectivity index (χ4n) is 10.9. The number of benzene rings is 13. The Morgan fingerprint density at radius 3 is 1.04 bits per heavy atom. The van der Waals surface area contributed by atoms with Crippen LogP contribution in [0.1, 0.15) is 80.5 Å². The molecule has 0 radical (unpaired) electrons. The van der Waals surface area contributed by atoms with E-state index in [9.17, 15) is 20.4 Å². The molecule has 13 rings (SSSR count). The molecule has 0 fully saturated rings. The molecule has 0 atom stereocenters. The SMILES string of the molecule is COc1ccc(O)c(N=Nc2ccc3c(C)cccc3c2)c1.Cc1cc(C(C)(C)C)cc(N=Nc2ccc3c(C)cccc3c2)c1O.Cc1cccc2cc(N=Nc3cc(-c4ccccc4)ccc3O)ccc12.Cc1cccc2cc(N=Nc3cc(C(C)(C)C)ccc3O)ccc12. The number of aromatic hydroxyl groups is 4. The fourth-order valence-corrected chi connectivity index (χ4v) is 10.9. The Kier molecular flexibility index (Phi) is 21.2. The minimum absolute atomic E-state index is 0.00154. The molecule has 0 aromatic heterocycles. The molecule has 97 heavy (non-hydrogen) atoms. The number of methoxy groups -OCH3 is 1. The molecule has 0 amide bonds. The number of azo groups is 4. The zero-order valence-corrected chi connectivity index (χ0v) is 56.9. The molecule has 4 N–H and O–H groups in total. The van der Waals surface area contributed by atoms with Crippen LogP contribution in [0.5, 0.6) is 28.7 Å².